The van der Waals surface area contributed by atoms with Crippen LogP contribution in [0.25, 0.3) is 11.1 Å². The van der Waals surface area contributed by atoms with E-state index >= 15 is 0 Å². The van der Waals surface area contributed by atoms with Crippen molar-refractivity contribution in [3.8, 4) is 11.1 Å². The van der Waals surface area contributed by atoms with Crippen LogP contribution in [0.5, 0.6) is 0 Å². The second-order valence-electron chi connectivity index (χ2n) is 10.6. The molecule has 4 fully saturated rings. The van der Waals surface area contributed by atoms with Crippen LogP contribution >= 0.6 is 15.9 Å². The number of fused-ring (bicyclic) bond motifs is 3. The maximum Gasteiger partial charge on any atom is 0.306 e. The molecule has 0 aliphatic heterocycles. The molecule has 5 aliphatic carbocycles. The lowest BCUT2D eigenvalue weighted by molar-refractivity contribution is -0.149. The summed E-state index contributed by atoms with van der Waals surface area (Å²) in [4.78, 5) is 25.5. The number of alkyl halides is 1. The lowest BCUT2D eigenvalue weighted by atomic mass is 9.49. The normalized spacial score (nSPS) is 31.9. The lowest BCUT2D eigenvalue weighted by Gasteiger charge is -2.60. The monoisotopic (exact) mass is 478 g/mol. The van der Waals surface area contributed by atoms with E-state index in [1.807, 2.05) is 24.3 Å². The second kappa shape index (κ2) is 7.03. The molecule has 0 saturated heterocycles. The van der Waals surface area contributed by atoms with E-state index in [4.69, 9.17) is 4.74 Å². The first-order valence-corrected chi connectivity index (χ1v) is 12.3. The first-order valence-electron chi connectivity index (χ1n) is 11.5. The average molecular weight is 479 g/mol. The van der Waals surface area contributed by atoms with E-state index in [1.54, 1.807) is 0 Å². The average Bonchev–Trinajstić information content (AvgIpc) is 3.07. The van der Waals surface area contributed by atoms with Crippen LogP contribution in [-0.4, -0.2) is 22.7 Å². The van der Waals surface area contributed by atoms with Crippen LogP contribution in [-0.2, 0) is 16.0 Å². The van der Waals surface area contributed by atoms with Crippen LogP contribution in [0.2, 0.25) is 0 Å². The van der Waals surface area contributed by atoms with Gasteiger partial charge in [0.05, 0.1) is 6.42 Å². The Kier molecular flexibility index (Phi) is 4.47. The molecule has 0 aromatic heterocycles. The van der Waals surface area contributed by atoms with Gasteiger partial charge in [0, 0.05) is 9.89 Å². The highest BCUT2D eigenvalue weighted by atomic mass is 79.9. The fraction of sp³-hybridized carbons (Fsp3) is 0.481. The summed E-state index contributed by atoms with van der Waals surface area (Å²) in [7, 11) is 0. The fourth-order valence-corrected chi connectivity index (χ4v) is 8.94. The number of hydrogen-bond acceptors (Lipinski definition) is 3. The molecular formula is C27H27BrO3. The van der Waals surface area contributed by atoms with E-state index in [1.165, 1.54) is 36.0 Å². The van der Waals surface area contributed by atoms with Crippen molar-refractivity contribution in [3.05, 3.63) is 59.2 Å². The van der Waals surface area contributed by atoms with E-state index in [-0.39, 0.29) is 28.1 Å². The third-order valence-electron chi connectivity index (χ3n) is 8.11. The second-order valence-corrected chi connectivity index (χ2v) is 12.3. The van der Waals surface area contributed by atoms with E-state index in [9.17, 15) is 9.59 Å². The molecule has 160 valence electrons. The molecule has 4 heteroatoms. The summed E-state index contributed by atoms with van der Waals surface area (Å²) in [5.74, 6) is 1.15. The summed E-state index contributed by atoms with van der Waals surface area (Å²) >= 11 is 4.01. The number of carbonyl (C=O) groups excluding carboxylic acids is 2. The maximum absolute atomic E-state index is 12.8. The molecule has 31 heavy (non-hydrogen) atoms. The molecule has 0 unspecified atom stereocenters. The Balaban J connectivity index is 1.11. The van der Waals surface area contributed by atoms with E-state index in [0.29, 0.717) is 12.0 Å². The molecule has 4 bridgehead atoms. The third-order valence-corrected chi connectivity index (χ3v) is 9.04. The van der Waals surface area contributed by atoms with Gasteiger partial charge in [-0.15, -0.1) is 0 Å². The van der Waals surface area contributed by atoms with Crippen molar-refractivity contribution in [2.75, 3.05) is 6.61 Å². The molecule has 2 atom stereocenters. The molecule has 7 rings (SSSR count). The minimum Gasteiger partial charge on any atom is -0.457 e. The highest BCUT2D eigenvalue weighted by Crippen LogP contribution is 2.65. The van der Waals surface area contributed by atoms with E-state index in [2.05, 4.69) is 34.1 Å². The Labute approximate surface area is 191 Å². The van der Waals surface area contributed by atoms with Gasteiger partial charge in [-0.1, -0.05) is 52.3 Å². The Bertz CT molecular complexity index is 1070. The zero-order chi connectivity index (χ0) is 21.2. The number of ketones is 1. The molecule has 0 spiro atoms. The fourth-order valence-electron chi connectivity index (χ4n) is 7.43. The quantitative estimate of drug-likeness (QED) is 0.252. The molecule has 0 radical (unpaired) electrons. The number of rotatable bonds is 5. The molecule has 4 saturated carbocycles. The molecule has 5 aliphatic rings. The predicted octanol–water partition coefficient (Wildman–Crippen LogP) is 6.11. The van der Waals surface area contributed by atoms with Crippen LogP contribution in [0, 0.1) is 17.3 Å². The number of benzene rings is 2. The first-order chi connectivity index (χ1) is 14.9. The number of carbonyl (C=O) groups is 2. The summed E-state index contributed by atoms with van der Waals surface area (Å²) in [6.07, 6.45) is 8.55. The van der Waals surface area contributed by atoms with E-state index < -0.39 is 0 Å². The Morgan fingerprint density at radius 1 is 0.968 bits per heavy atom. The summed E-state index contributed by atoms with van der Waals surface area (Å²) in [5.41, 5.74) is 5.58. The SMILES string of the molecule is O=C(CC12C[C@H]3C[C@@H](CC(Br)(C3)C1)C2)OCC(=O)c1ccc2c(c1)-c1ccccc1C2. The molecule has 2 aromatic rings. The Morgan fingerprint density at radius 3 is 2.48 bits per heavy atom. The van der Waals surface area contributed by atoms with Crippen LogP contribution in [0.4, 0.5) is 0 Å². The van der Waals surface area contributed by atoms with Crippen LogP contribution < -0.4 is 0 Å². The van der Waals surface area contributed by atoms with Crippen molar-refractivity contribution in [2.24, 2.45) is 17.3 Å². The Morgan fingerprint density at radius 2 is 1.71 bits per heavy atom. The summed E-state index contributed by atoms with van der Waals surface area (Å²) in [6, 6.07) is 14.2. The number of hydrogen-bond donors (Lipinski definition) is 0. The molecule has 0 heterocycles. The predicted molar refractivity (Wildman–Crippen MR) is 123 cm³/mol. The smallest absolute Gasteiger partial charge is 0.306 e. The highest BCUT2D eigenvalue weighted by Gasteiger charge is 2.57. The van der Waals surface area contributed by atoms with Gasteiger partial charge in [0.2, 0.25) is 0 Å². The van der Waals surface area contributed by atoms with Crippen molar-refractivity contribution in [1.82, 2.24) is 0 Å². The van der Waals surface area contributed by atoms with Gasteiger partial charge in [-0.05, 0) is 90.5 Å². The molecular weight excluding hydrogens is 452 g/mol. The first kappa shape index (κ1) is 19.7. The van der Waals surface area contributed by atoms with Crippen molar-refractivity contribution in [3.63, 3.8) is 0 Å². The zero-order valence-electron chi connectivity index (χ0n) is 17.7. The lowest BCUT2D eigenvalue weighted by Crippen LogP contribution is -2.53. The molecule has 0 N–H and O–H groups in total. The van der Waals surface area contributed by atoms with Gasteiger partial charge in [0.15, 0.2) is 12.4 Å². The molecule has 2 aromatic carbocycles. The summed E-state index contributed by atoms with van der Waals surface area (Å²) in [6.45, 7) is -0.165. The maximum atomic E-state index is 12.8. The number of Topliss-reactive ketones (excluding diaryl/α,β-unsaturated/α-hetero) is 1. The van der Waals surface area contributed by atoms with Gasteiger partial charge >= 0.3 is 5.97 Å². The van der Waals surface area contributed by atoms with Crippen LogP contribution in [0.1, 0.15) is 66.4 Å². The summed E-state index contributed by atoms with van der Waals surface area (Å²) < 4.78 is 5.75. The van der Waals surface area contributed by atoms with Crippen molar-refractivity contribution >= 4 is 27.7 Å². The largest absolute Gasteiger partial charge is 0.457 e. The third kappa shape index (κ3) is 3.47. The van der Waals surface area contributed by atoms with Crippen molar-refractivity contribution in [1.29, 1.82) is 0 Å². The minimum atomic E-state index is -0.210. The van der Waals surface area contributed by atoms with Gasteiger partial charge in [0.1, 0.15) is 0 Å². The number of esters is 1. The van der Waals surface area contributed by atoms with E-state index in [0.717, 1.165) is 43.1 Å². The van der Waals surface area contributed by atoms with Crippen LogP contribution in [0.3, 0.4) is 0 Å². The topological polar surface area (TPSA) is 43.4 Å². The van der Waals surface area contributed by atoms with Gasteiger partial charge in [-0.3, -0.25) is 9.59 Å². The number of halogens is 1. The number of ether oxygens (including phenoxy) is 1. The van der Waals surface area contributed by atoms with Gasteiger partial charge in [-0.25, -0.2) is 0 Å². The van der Waals surface area contributed by atoms with Crippen molar-refractivity contribution < 1.29 is 14.3 Å². The molecule has 0 amide bonds. The Hall–Kier alpha value is -1.94. The highest BCUT2D eigenvalue weighted by molar-refractivity contribution is 9.10. The van der Waals surface area contributed by atoms with Gasteiger partial charge < -0.3 is 4.74 Å². The zero-order valence-corrected chi connectivity index (χ0v) is 19.2. The minimum absolute atomic E-state index is 0.0744. The summed E-state index contributed by atoms with van der Waals surface area (Å²) in [5, 5.41) is 0. The van der Waals surface area contributed by atoms with Gasteiger partial charge in [-0.2, -0.15) is 0 Å². The van der Waals surface area contributed by atoms with Crippen LogP contribution in [0.15, 0.2) is 42.5 Å². The standard InChI is InChI=1S/C27H27BrO3/c28-27-12-17-7-18(13-27)11-26(10-17,16-27)14-25(30)31-15-24(29)21-6-5-20-8-19-3-1-2-4-22(19)23(20)9-21/h1-6,9,17-18H,7-8,10-16H2/t17-,18-,26?,27?/m1/s1. The molecule has 3 nitrogen and oxygen atoms in total. The van der Waals surface area contributed by atoms with Gasteiger partial charge in [0.25, 0.3) is 0 Å². The van der Waals surface area contributed by atoms with Crippen molar-refractivity contribution in [2.45, 2.75) is 55.7 Å².